The van der Waals surface area contributed by atoms with Crippen molar-refractivity contribution >= 4 is 17.8 Å². The lowest BCUT2D eigenvalue weighted by Gasteiger charge is -2.12. The fourth-order valence-electron chi connectivity index (χ4n) is 2.57. The van der Waals surface area contributed by atoms with Crippen LogP contribution in [-0.2, 0) is 9.53 Å². The molecule has 128 valence electrons. The summed E-state index contributed by atoms with van der Waals surface area (Å²) in [6.45, 7) is 3.58. The molecule has 0 saturated carbocycles. The number of ketones is 1. The van der Waals surface area contributed by atoms with Crippen LogP contribution in [0.4, 0.5) is 0 Å². The first-order valence-electron chi connectivity index (χ1n) is 7.87. The van der Waals surface area contributed by atoms with Crippen molar-refractivity contribution in [2.45, 2.75) is 20.0 Å². The highest BCUT2D eigenvalue weighted by Crippen LogP contribution is 2.35. The third-order valence-electron chi connectivity index (χ3n) is 3.83. The topological polar surface area (TPSA) is 61.8 Å². The molecule has 0 aliphatic carbocycles. The van der Waals surface area contributed by atoms with Crippen molar-refractivity contribution in [2.24, 2.45) is 0 Å². The first-order chi connectivity index (χ1) is 12.0. The smallest absolute Gasteiger partial charge is 0.346 e. The molecule has 0 spiro atoms. The zero-order chi connectivity index (χ0) is 18.0. The number of rotatable bonds is 4. The van der Waals surface area contributed by atoms with E-state index in [2.05, 4.69) is 4.74 Å². The average molecular weight is 338 g/mol. The largest absolute Gasteiger partial charge is 0.479 e. The second-order valence-electron chi connectivity index (χ2n) is 5.80. The third kappa shape index (κ3) is 3.55. The number of Topliss-reactive ketones (excluding diaryl/α,β-unsaturated/α-hetero) is 1. The van der Waals surface area contributed by atoms with E-state index in [4.69, 9.17) is 9.47 Å². The van der Waals surface area contributed by atoms with Gasteiger partial charge in [0.2, 0.25) is 5.78 Å². The summed E-state index contributed by atoms with van der Waals surface area (Å²) in [7, 11) is 1.30. The Hall–Kier alpha value is -3.08. The number of hydrogen-bond donors (Lipinski definition) is 0. The van der Waals surface area contributed by atoms with Gasteiger partial charge in [-0.05, 0) is 37.6 Å². The van der Waals surface area contributed by atoms with E-state index in [0.717, 1.165) is 11.1 Å². The van der Waals surface area contributed by atoms with Gasteiger partial charge < -0.3 is 14.2 Å². The van der Waals surface area contributed by atoms with Gasteiger partial charge >= 0.3 is 5.97 Å². The van der Waals surface area contributed by atoms with Gasteiger partial charge in [0.05, 0.1) is 12.7 Å². The zero-order valence-electron chi connectivity index (χ0n) is 14.2. The maximum absolute atomic E-state index is 12.5. The summed E-state index contributed by atoms with van der Waals surface area (Å²) in [6.07, 6.45) is 0.967. The average Bonchev–Trinajstić information content (AvgIpc) is 2.89. The normalized spacial score (nSPS) is 15.5. The molecule has 0 unspecified atom stereocenters. The van der Waals surface area contributed by atoms with Gasteiger partial charge in [0.15, 0.2) is 11.9 Å². The molecule has 1 aliphatic heterocycles. The summed E-state index contributed by atoms with van der Waals surface area (Å²) in [5, 5.41) is 0. The minimum absolute atomic E-state index is 0.177. The number of allylic oxidation sites excluding steroid dienone is 1. The molecule has 2 aromatic carbocycles. The van der Waals surface area contributed by atoms with Gasteiger partial charge in [-0.2, -0.15) is 0 Å². The van der Waals surface area contributed by atoms with Crippen LogP contribution in [0.3, 0.4) is 0 Å². The minimum Gasteiger partial charge on any atom is -0.479 e. The van der Waals surface area contributed by atoms with Crippen LogP contribution in [0.5, 0.6) is 11.5 Å². The van der Waals surface area contributed by atoms with Crippen LogP contribution >= 0.6 is 0 Å². The summed E-state index contributed by atoms with van der Waals surface area (Å²) in [5.41, 5.74) is 2.47. The Morgan fingerprint density at radius 3 is 2.72 bits per heavy atom. The van der Waals surface area contributed by atoms with E-state index in [1.54, 1.807) is 31.2 Å². The molecule has 1 atom stereocenters. The first-order valence-corrected chi connectivity index (χ1v) is 7.87. The van der Waals surface area contributed by atoms with E-state index in [1.165, 1.54) is 7.11 Å². The Labute approximate surface area is 145 Å². The lowest BCUT2D eigenvalue weighted by atomic mass is 10.1. The molecule has 1 heterocycles. The van der Waals surface area contributed by atoms with Crippen LogP contribution in [0.25, 0.3) is 6.08 Å². The molecule has 5 heteroatoms. The first kappa shape index (κ1) is 16.8. The van der Waals surface area contributed by atoms with E-state index >= 15 is 0 Å². The van der Waals surface area contributed by atoms with Crippen LogP contribution < -0.4 is 9.47 Å². The predicted molar refractivity (Wildman–Crippen MR) is 92.7 cm³/mol. The molecule has 1 aliphatic rings. The molecule has 5 nitrogen and oxygen atoms in total. The fraction of sp³-hybridized carbons (Fsp3) is 0.200. The Balaban J connectivity index is 1.83. The van der Waals surface area contributed by atoms with Crippen LogP contribution in [0.15, 0.2) is 48.2 Å². The monoisotopic (exact) mass is 338 g/mol. The van der Waals surface area contributed by atoms with Crippen molar-refractivity contribution in [3.05, 3.63) is 64.9 Å². The second-order valence-corrected chi connectivity index (χ2v) is 5.80. The molecule has 3 rings (SSSR count). The molecule has 0 N–H and O–H groups in total. The van der Waals surface area contributed by atoms with Gasteiger partial charge in [-0.3, -0.25) is 4.79 Å². The van der Waals surface area contributed by atoms with Crippen molar-refractivity contribution < 1.29 is 23.8 Å². The van der Waals surface area contributed by atoms with E-state index in [-0.39, 0.29) is 11.5 Å². The maximum atomic E-state index is 12.5. The quantitative estimate of drug-likeness (QED) is 0.630. The van der Waals surface area contributed by atoms with Gasteiger partial charge in [-0.25, -0.2) is 4.79 Å². The molecule has 0 fully saturated rings. The van der Waals surface area contributed by atoms with Crippen molar-refractivity contribution in [3.63, 3.8) is 0 Å². The Morgan fingerprint density at radius 2 is 2.00 bits per heavy atom. The maximum Gasteiger partial charge on any atom is 0.346 e. The van der Waals surface area contributed by atoms with E-state index in [9.17, 15) is 9.59 Å². The van der Waals surface area contributed by atoms with Crippen LogP contribution in [0.1, 0.15) is 28.4 Å². The lowest BCUT2D eigenvalue weighted by Crippen LogP contribution is -2.24. The number of aryl methyl sites for hydroxylation is 1. The zero-order valence-corrected chi connectivity index (χ0v) is 14.2. The Bertz CT molecular complexity index is 866. The van der Waals surface area contributed by atoms with Gasteiger partial charge in [0, 0.05) is 6.07 Å². The van der Waals surface area contributed by atoms with Crippen molar-refractivity contribution in [1.82, 2.24) is 0 Å². The SMILES string of the molecule is COC(=O)[C@@H](C)Oc1ccc2c(c1)O/C(=C\c1cccc(C)c1)C2=O. The molecular formula is C20H18O5. The third-order valence-corrected chi connectivity index (χ3v) is 3.83. The second kappa shape index (κ2) is 6.81. The van der Waals surface area contributed by atoms with Gasteiger partial charge in [-0.15, -0.1) is 0 Å². The summed E-state index contributed by atoms with van der Waals surface area (Å²) in [4.78, 5) is 23.9. The van der Waals surface area contributed by atoms with Crippen molar-refractivity contribution in [2.75, 3.05) is 7.11 Å². The number of methoxy groups -OCH3 is 1. The van der Waals surface area contributed by atoms with E-state index in [1.807, 2.05) is 31.2 Å². The number of ether oxygens (including phenoxy) is 3. The fourth-order valence-corrected chi connectivity index (χ4v) is 2.57. The standard InChI is InChI=1S/C20H18O5/c1-12-5-4-6-14(9-12)10-18-19(21)16-8-7-15(11-17(16)25-18)24-13(2)20(22)23-3/h4-11,13H,1-3H3/b18-10-/t13-/m1/s1. The van der Waals surface area contributed by atoms with Crippen molar-refractivity contribution in [3.8, 4) is 11.5 Å². The highest BCUT2D eigenvalue weighted by Gasteiger charge is 2.28. The van der Waals surface area contributed by atoms with Gasteiger partial charge in [-0.1, -0.05) is 29.8 Å². The number of carbonyl (C=O) groups is 2. The van der Waals surface area contributed by atoms with E-state index in [0.29, 0.717) is 17.1 Å². The van der Waals surface area contributed by atoms with Gasteiger partial charge in [0.25, 0.3) is 0 Å². The summed E-state index contributed by atoms with van der Waals surface area (Å²) in [5.74, 6) is 0.458. The number of esters is 1. The Morgan fingerprint density at radius 1 is 1.20 bits per heavy atom. The van der Waals surface area contributed by atoms with Gasteiger partial charge in [0.1, 0.15) is 11.5 Å². The molecule has 0 radical (unpaired) electrons. The number of fused-ring (bicyclic) bond motifs is 1. The van der Waals surface area contributed by atoms with E-state index < -0.39 is 12.1 Å². The lowest BCUT2D eigenvalue weighted by molar-refractivity contribution is -0.147. The predicted octanol–water partition coefficient (Wildman–Crippen LogP) is 3.55. The number of hydrogen-bond acceptors (Lipinski definition) is 5. The van der Waals surface area contributed by atoms with Crippen molar-refractivity contribution in [1.29, 1.82) is 0 Å². The van der Waals surface area contributed by atoms with Crippen LogP contribution in [-0.4, -0.2) is 25.0 Å². The van der Waals surface area contributed by atoms with Crippen LogP contribution in [0, 0.1) is 6.92 Å². The highest BCUT2D eigenvalue weighted by atomic mass is 16.6. The molecule has 0 aromatic heterocycles. The highest BCUT2D eigenvalue weighted by molar-refractivity contribution is 6.14. The van der Waals surface area contributed by atoms with Crippen LogP contribution in [0.2, 0.25) is 0 Å². The summed E-state index contributed by atoms with van der Waals surface area (Å²) < 4.78 is 15.8. The molecule has 25 heavy (non-hydrogen) atoms. The summed E-state index contributed by atoms with van der Waals surface area (Å²) in [6, 6.07) is 12.7. The molecular weight excluding hydrogens is 320 g/mol. The number of carbonyl (C=O) groups excluding carboxylic acids is 2. The Kier molecular flexibility index (Phi) is 4.57. The number of benzene rings is 2. The molecule has 0 amide bonds. The molecule has 0 saturated heterocycles. The molecule has 2 aromatic rings. The molecule has 0 bridgehead atoms. The summed E-state index contributed by atoms with van der Waals surface area (Å²) >= 11 is 0. The minimum atomic E-state index is -0.748.